The average molecular weight is 183 g/mol. The lowest BCUT2D eigenvalue weighted by Gasteiger charge is -2.44. The van der Waals surface area contributed by atoms with Crippen LogP contribution in [-0.2, 0) is 4.74 Å². The first-order valence-electron chi connectivity index (χ1n) is 5.50. The Morgan fingerprint density at radius 3 is 2.46 bits per heavy atom. The fraction of sp³-hybridized carbons (Fsp3) is 1.00. The first-order valence-corrected chi connectivity index (χ1v) is 5.50. The van der Waals surface area contributed by atoms with Crippen molar-refractivity contribution in [1.29, 1.82) is 0 Å². The van der Waals surface area contributed by atoms with Gasteiger partial charge in [0.1, 0.15) is 0 Å². The third-order valence-electron chi connectivity index (χ3n) is 3.80. The number of hydrogen-bond donors (Lipinski definition) is 0. The van der Waals surface area contributed by atoms with E-state index in [1.54, 1.807) is 0 Å². The molecule has 1 atom stereocenters. The molecule has 0 aromatic rings. The van der Waals surface area contributed by atoms with Crippen LogP contribution in [0.2, 0.25) is 0 Å². The van der Waals surface area contributed by atoms with E-state index in [0.29, 0.717) is 11.5 Å². The van der Waals surface area contributed by atoms with Crippen molar-refractivity contribution in [3.63, 3.8) is 0 Å². The van der Waals surface area contributed by atoms with Crippen LogP contribution in [0.25, 0.3) is 0 Å². The van der Waals surface area contributed by atoms with E-state index in [1.165, 1.54) is 38.8 Å². The Morgan fingerprint density at radius 1 is 1.23 bits per heavy atom. The van der Waals surface area contributed by atoms with Crippen molar-refractivity contribution in [2.45, 2.75) is 38.7 Å². The maximum absolute atomic E-state index is 5.79. The van der Waals surface area contributed by atoms with Gasteiger partial charge in [-0.2, -0.15) is 0 Å². The molecule has 2 heterocycles. The highest BCUT2D eigenvalue weighted by atomic mass is 16.5. The standard InChI is InChI=1S/C11H21NO/c1-10-3-4-11(9-13-10)5-7-12(2)8-6-11/h10H,3-9H2,1-2H3/t10-/m0/s1. The van der Waals surface area contributed by atoms with Crippen LogP contribution in [0.15, 0.2) is 0 Å². The Balaban J connectivity index is 1.90. The lowest BCUT2D eigenvalue weighted by Crippen LogP contribution is -2.44. The molecule has 0 unspecified atom stereocenters. The molecule has 1 spiro atoms. The monoisotopic (exact) mass is 183 g/mol. The van der Waals surface area contributed by atoms with E-state index in [2.05, 4.69) is 18.9 Å². The molecule has 2 rings (SSSR count). The molecule has 2 saturated heterocycles. The van der Waals surface area contributed by atoms with E-state index in [9.17, 15) is 0 Å². The molecule has 0 aromatic carbocycles. The third kappa shape index (κ3) is 2.05. The minimum atomic E-state index is 0.505. The Morgan fingerprint density at radius 2 is 1.92 bits per heavy atom. The second-order valence-corrected chi connectivity index (χ2v) is 4.96. The van der Waals surface area contributed by atoms with Crippen LogP contribution in [0.1, 0.15) is 32.6 Å². The minimum Gasteiger partial charge on any atom is -0.378 e. The van der Waals surface area contributed by atoms with Crippen molar-refractivity contribution in [3.8, 4) is 0 Å². The molecule has 0 aliphatic carbocycles. The first kappa shape index (κ1) is 9.47. The molecular weight excluding hydrogens is 162 g/mol. The fourth-order valence-electron chi connectivity index (χ4n) is 2.47. The molecule has 0 saturated carbocycles. The molecule has 0 bridgehead atoms. The topological polar surface area (TPSA) is 12.5 Å². The van der Waals surface area contributed by atoms with Gasteiger partial charge in [0, 0.05) is 0 Å². The molecule has 0 amide bonds. The zero-order valence-corrected chi connectivity index (χ0v) is 8.88. The summed E-state index contributed by atoms with van der Waals surface area (Å²) in [6.45, 7) is 5.74. The van der Waals surface area contributed by atoms with Crippen molar-refractivity contribution in [3.05, 3.63) is 0 Å². The Labute approximate surface area is 81.3 Å². The maximum atomic E-state index is 5.79. The Bertz CT molecular complexity index is 141. The predicted molar refractivity (Wildman–Crippen MR) is 53.8 cm³/mol. The molecular formula is C11H21NO. The van der Waals surface area contributed by atoms with E-state index in [-0.39, 0.29) is 0 Å². The van der Waals surface area contributed by atoms with Gasteiger partial charge in [0.25, 0.3) is 0 Å². The number of piperidine rings is 1. The zero-order valence-electron chi connectivity index (χ0n) is 8.88. The van der Waals surface area contributed by atoms with Crippen LogP contribution in [-0.4, -0.2) is 37.7 Å². The van der Waals surface area contributed by atoms with Gasteiger partial charge in [-0.3, -0.25) is 0 Å². The fourth-order valence-corrected chi connectivity index (χ4v) is 2.47. The number of likely N-dealkylation sites (tertiary alicyclic amines) is 1. The molecule has 2 heteroatoms. The Hall–Kier alpha value is -0.0800. The normalized spacial score (nSPS) is 35.1. The van der Waals surface area contributed by atoms with Crippen molar-refractivity contribution < 1.29 is 4.74 Å². The Kier molecular flexibility index (Phi) is 2.61. The summed E-state index contributed by atoms with van der Waals surface area (Å²) in [7, 11) is 2.22. The highest BCUT2D eigenvalue weighted by Gasteiger charge is 2.36. The molecule has 2 aliphatic rings. The van der Waals surface area contributed by atoms with Gasteiger partial charge < -0.3 is 9.64 Å². The molecule has 2 nitrogen and oxygen atoms in total. The quantitative estimate of drug-likeness (QED) is 0.568. The van der Waals surface area contributed by atoms with E-state index in [0.717, 1.165) is 6.61 Å². The van der Waals surface area contributed by atoms with Crippen LogP contribution in [0.5, 0.6) is 0 Å². The summed E-state index contributed by atoms with van der Waals surface area (Å²) in [5, 5.41) is 0. The van der Waals surface area contributed by atoms with E-state index in [4.69, 9.17) is 4.74 Å². The van der Waals surface area contributed by atoms with E-state index >= 15 is 0 Å². The van der Waals surface area contributed by atoms with E-state index in [1.807, 2.05) is 0 Å². The second-order valence-electron chi connectivity index (χ2n) is 4.96. The molecule has 0 aromatic heterocycles. The number of hydrogen-bond acceptors (Lipinski definition) is 2. The predicted octanol–water partition coefficient (Wildman–Crippen LogP) is 1.90. The van der Waals surface area contributed by atoms with Gasteiger partial charge in [0.05, 0.1) is 12.7 Å². The molecule has 0 radical (unpaired) electrons. The summed E-state index contributed by atoms with van der Waals surface area (Å²) < 4.78 is 5.79. The summed E-state index contributed by atoms with van der Waals surface area (Å²) in [4.78, 5) is 2.43. The number of rotatable bonds is 0. The van der Waals surface area contributed by atoms with Crippen LogP contribution in [0, 0.1) is 5.41 Å². The first-order chi connectivity index (χ1) is 6.20. The van der Waals surface area contributed by atoms with Crippen molar-refractivity contribution in [2.75, 3.05) is 26.7 Å². The van der Waals surface area contributed by atoms with Gasteiger partial charge in [0.15, 0.2) is 0 Å². The summed E-state index contributed by atoms with van der Waals surface area (Å²) >= 11 is 0. The maximum Gasteiger partial charge on any atom is 0.0547 e. The van der Waals surface area contributed by atoms with Crippen LogP contribution < -0.4 is 0 Å². The lowest BCUT2D eigenvalue weighted by atomic mass is 9.74. The van der Waals surface area contributed by atoms with Gasteiger partial charge in [-0.25, -0.2) is 0 Å². The van der Waals surface area contributed by atoms with Crippen molar-refractivity contribution >= 4 is 0 Å². The molecule has 76 valence electrons. The van der Waals surface area contributed by atoms with Gasteiger partial charge in [-0.1, -0.05) is 0 Å². The van der Waals surface area contributed by atoms with Crippen LogP contribution in [0.3, 0.4) is 0 Å². The molecule has 2 aliphatic heterocycles. The van der Waals surface area contributed by atoms with Gasteiger partial charge in [0.2, 0.25) is 0 Å². The van der Waals surface area contributed by atoms with Crippen LogP contribution >= 0.6 is 0 Å². The average Bonchev–Trinajstić information content (AvgIpc) is 2.16. The highest BCUT2D eigenvalue weighted by Crippen LogP contribution is 2.39. The SMILES string of the molecule is C[C@H]1CCC2(CCN(C)CC2)CO1. The molecule has 2 fully saturated rings. The largest absolute Gasteiger partial charge is 0.378 e. The molecule has 13 heavy (non-hydrogen) atoms. The van der Waals surface area contributed by atoms with Gasteiger partial charge >= 0.3 is 0 Å². The lowest BCUT2D eigenvalue weighted by molar-refractivity contribution is -0.0767. The number of nitrogens with zero attached hydrogens (tertiary/aromatic N) is 1. The summed E-state index contributed by atoms with van der Waals surface area (Å²) in [5.74, 6) is 0. The minimum absolute atomic E-state index is 0.505. The number of ether oxygens (including phenoxy) is 1. The summed E-state index contributed by atoms with van der Waals surface area (Å²) in [6.07, 6.45) is 5.85. The van der Waals surface area contributed by atoms with Crippen LogP contribution in [0.4, 0.5) is 0 Å². The zero-order chi connectivity index (χ0) is 9.31. The van der Waals surface area contributed by atoms with Gasteiger partial charge in [-0.15, -0.1) is 0 Å². The van der Waals surface area contributed by atoms with E-state index < -0.39 is 0 Å². The highest BCUT2D eigenvalue weighted by molar-refractivity contribution is 4.88. The van der Waals surface area contributed by atoms with Crippen molar-refractivity contribution in [1.82, 2.24) is 4.90 Å². The van der Waals surface area contributed by atoms with Crippen molar-refractivity contribution in [2.24, 2.45) is 5.41 Å². The van der Waals surface area contributed by atoms with Gasteiger partial charge in [-0.05, 0) is 58.2 Å². The summed E-state index contributed by atoms with van der Waals surface area (Å²) in [6, 6.07) is 0. The third-order valence-corrected chi connectivity index (χ3v) is 3.80. The molecule has 0 N–H and O–H groups in total. The smallest absolute Gasteiger partial charge is 0.0547 e. The second kappa shape index (κ2) is 3.58. The summed E-state index contributed by atoms with van der Waals surface area (Å²) in [5.41, 5.74) is 0.555.